The third-order valence-corrected chi connectivity index (χ3v) is 7.63. The van der Waals surface area contributed by atoms with Crippen molar-refractivity contribution in [2.75, 3.05) is 0 Å². The second-order valence-electron chi connectivity index (χ2n) is 9.94. The molecule has 0 aliphatic heterocycles. The van der Waals surface area contributed by atoms with Crippen LogP contribution in [0.25, 0.3) is 38.6 Å². The summed E-state index contributed by atoms with van der Waals surface area (Å²) in [5, 5.41) is 2.55. The fraction of sp³-hybridized carbons (Fsp3) is 0.105. The van der Waals surface area contributed by atoms with Crippen molar-refractivity contribution in [3.05, 3.63) is 162 Å². The van der Waals surface area contributed by atoms with Gasteiger partial charge in [0.25, 0.3) is 0 Å². The summed E-state index contributed by atoms with van der Waals surface area (Å²) >= 11 is 0. The van der Waals surface area contributed by atoms with Crippen molar-refractivity contribution < 1.29 is 0 Å². The van der Waals surface area contributed by atoms with Gasteiger partial charge in [0.1, 0.15) is 0 Å². The Morgan fingerprint density at radius 1 is 0.921 bits per heavy atom. The molecule has 0 nitrogen and oxygen atoms in total. The second-order valence-corrected chi connectivity index (χ2v) is 9.94. The minimum Gasteiger partial charge on any atom is -0.0984 e. The zero-order valence-electron chi connectivity index (χ0n) is 22.5. The van der Waals surface area contributed by atoms with Crippen molar-refractivity contribution in [3.63, 3.8) is 0 Å². The quantitative estimate of drug-likeness (QED) is 0.275. The minimum absolute atomic E-state index is 0.867. The van der Waals surface area contributed by atoms with E-state index < -0.39 is 0 Å². The maximum atomic E-state index is 4.59. The maximum absolute atomic E-state index is 4.59. The lowest BCUT2D eigenvalue weighted by Crippen LogP contribution is -1.99. The number of fused-ring (bicyclic) bond motifs is 2. The molecule has 0 amide bonds. The maximum Gasteiger partial charge on any atom is -0.00231 e. The number of hydrogen-bond donors (Lipinski definition) is 0. The molecule has 0 saturated heterocycles. The van der Waals surface area contributed by atoms with Crippen LogP contribution in [0.1, 0.15) is 54.5 Å². The van der Waals surface area contributed by atoms with E-state index in [1.54, 1.807) is 0 Å². The third kappa shape index (κ3) is 4.33. The van der Waals surface area contributed by atoms with Gasteiger partial charge in [-0.05, 0) is 116 Å². The van der Waals surface area contributed by atoms with E-state index >= 15 is 0 Å². The van der Waals surface area contributed by atoms with Crippen molar-refractivity contribution in [2.45, 2.75) is 26.7 Å². The van der Waals surface area contributed by atoms with E-state index in [-0.39, 0.29) is 0 Å². The molecule has 0 N–H and O–H groups in total. The van der Waals surface area contributed by atoms with Crippen LogP contribution in [-0.2, 0) is 0 Å². The molecular weight excluding hydrogens is 456 g/mol. The molecule has 0 aromatic heterocycles. The van der Waals surface area contributed by atoms with Gasteiger partial charge in [-0.15, -0.1) is 0 Å². The SMILES string of the molecule is C=CC(=CC(=C)C(=C)c1cc2c3c(cccc3c1C(=C)C(C)=CC=CC)C1=C2CCC=C1)c1ccccc1. The van der Waals surface area contributed by atoms with Crippen LogP contribution in [0.5, 0.6) is 0 Å². The van der Waals surface area contributed by atoms with E-state index in [1.165, 1.54) is 33.0 Å². The second kappa shape index (κ2) is 10.5. The topological polar surface area (TPSA) is 0 Å². The first-order valence-electron chi connectivity index (χ1n) is 13.2. The molecule has 0 heterocycles. The Bertz CT molecular complexity index is 1660. The molecule has 0 radical (unpaired) electrons. The van der Waals surface area contributed by atoms with E-state index in [9.17, 15) is 0 Å². The first-order valence-corrected chi connectivity index (χ1v) is 13.2. The number of allylic oxidation sites excluding steroid dienone is 14. The lowest BCUT2D eigenvalue weighted by atomic mass is 9.83. The van der Waals surface area contributed by atoms with Crippen LogP contribution in [0, 0.1) is 0 Å². The van der Waals surface area contributed by atoms with Gasteiger partial charge in [-0.25, -0.2) is 0 Å². The number of hydrogen-bond acceptors (Lipinski definition) is 0. The standard InChI is InChI=1S/C38H34/c1-7-9-16-25(3)28(6)37-34-22-15-21-33-31-19-13-14-20-32(31)36(38(33)34)24-35(37)27(5)26(4)23-29(8-2)30-17-11-10-12-18-30/h7-13,15-19,21-24H,2,4-6,14,20H2,1,3H3. The van der Waals surface area contributed by atoms with Crippen molar-refractivity contribution >= 4 is 38.6 Å². The summed E-state index contributed by atoms with van der Waals surface area (Å²) in [6.07, 6.45) is 16.9. The van der Waals surface area contributed by atoms with E-state index in [4.69, 9.17) is 0 Å². The fourth-order valence-electron chi connectivity index (χ4n) is 5.58. The molecular formula is C38H34. The predicted molar refractivity (Wildman–Crippen MR) is 170 cm³/mol. The van der Waals surface area contributed by atoms with Gasteiger partial charge in [-0.2, -0.15) is 0 Å². The Morgan fingerprint density at radius 3 is 2.45 bits per heavy atom. The molecule has 0 unspecified atom stereocenters. The molecule has 0 heteroatoms. The first-order chi connectivity index (χ1) is 18.5. The van der Waals surface area contributed by atoms with Gasteiger partial charge >= 0.3 is 0 Å². The molecule has 2 aliphatic carbocycles. The lowest BCUT2D eigenvalue weighted by molar-refractivity contribution is 1.06. The zero-order chi connectivity index (χ0) is 26.8. The highest BCUT2D eigenvalue weighted by molar-refractivity contribution is 6.20. The van der Waals surface area contributed by atoms with Crippen LogP contribution in [0.2, 0.25) is 0 Å². The van der Waals surface area contributed by atoms with Crippen molar-refractivity contribution in [3.8, 4) is 0 Å². The van der Waals surface area contributed by atoms with Gasteiger partial charge in [0.05, 0.1) is 0 Å². The Balaban J connectivity index is 1.73. The molecule has 38 heavy (non-hydrogen) atoms. The van der Waals surface area contributed by atoms with Crippen molar-refractivity contribution in [2.24, 2.45) is 0 Å². The van der Waals surface area contributed by atoms with Crippen LogP contribution in [0.15, 0.2) is 135 Å². The van der Waals surface area contributed by atoms with Gasteiger partial charge in [0, 0.05) is 0 Å². The molecule has 0 saturated carbocycles. The van der Waals surface area contributed by atoms with E-state index in [0.717, 1.165) is 57.4 Å². The molecule has 2 aliphatic rings. The highest BCUT2D eigenvalue weighted by Crippen LogP contribution is 2.50. The zero-order valence-corrected chi connectivity index (χ0v) is 22.5. The number of benzene rings is 3. The summed E-state index contributed by atoms with van der Waals surface area (Å²) in [6.45, 7) is 21.9. The molecule has 0 fully saturated rings. The molecule has 186 valence electrons. The van der Waals surface area contributed by atoms with Gasteiger partial charge < -0.3 is 0 Å². The highest BCUT2D eigenvalue weighted by atomic mass is 14.3. The predicted octanol–water partition coefficient (Wildman–Crippen LogP) is 10.8. The Hall–Kier alpha value is -4.42. The van der Waals surface area contributed by atoms with Crippen LogP contribution in [0.3, 0.4) is 0 Å². The Labute approximate surface area is 227 Å². The molecule has 0 bridgehead atoms. The number of rotatable bonds is 8. The van der Waals surface area contributed by atoms with Crippen molar-refractivity contribution in [1.29, 1.82) is 0 Å². The average Bonchev–Trinajstić information content (AvgIpc) is 3.28. The first kappa shape index (κ1) is 25.2. The van der Waals surface area contributed by atoms with E-state index in [0.29, 0.717) is 0 Å². The summed E-state index contributed by atoms with van der Waals surface area (Å²) in [6, 6.07) is 19.3. The molecule has 3 aromatic rings. The Morgan fingerprint density at radius 2 is 1.71 bits per heavy atom. The highest BCUT2D eigenvalue weighted by Gasteiger charge is 2.28. The summed E-state index contributed by atoms with van der Waals surface area (Å²) in [5.41, 5.74) is 13.7. The minimum atomic E-state index is 0.867. The normalized spacial score (nSPS) is 14.8. The molecule has 0 atom stereocenters. The molecule has 3 aromatic carbocycles. The Kier molecular flexibility index (Phi) is 6.99. The smallest absolute Gasteiger partial charge is 0.00231 e. The fourth-order valence-corrected chi connectivity index (χ4v) is 5.58. The lowest BCUT2D eigenvalue weighted by Gasteiger charge is -2.21. The van der Waals surface area contributed by atoms with Gasteiger partial charge in [-0.3, -0.25) is 0 Å². The van der Waals surface area contributed by atoms with E-state index in [1.807, 2.05) is 37.3 Å². The van der Waals surface area contributed by atoms with Crippen LogP contribution in [-0.4, -0.2) is 0 Å². The van der Waals surface area contributed by atoms with Crippen LogP contribution < -0.4 is 0 Å². The van der Waals surface area contributed by atoms with Gasteiger partial charge in [-0.1, -0.05) is 111 Å². The van der Waals surface area contributed by atoms with Gasteiger partial charge in [0.15, 0.2) is 0 Å². The summed E-state index contributed by atoms with van der Waals surface area (Å²) in [7, 11) is 0. The largest absolute Gasteiger partial charge is 0.0984 e. The van der Waals surface area contributed by atoms with Gasteiger partial charge in [0.2, 0.25) is 0 Å². The molecule has 5 rings (SSSR count). The van der Waals surface area contributed by atoms with E-state index in [2.05, 4.69) is 100 Å². The summed E-state index contributed by atoms with van der Waals surface area (Å²) in [4.78, 5) is 0. The average molecular weight is 491 g/mol. The van der Waals surface area contributed by atoms with Crippen LogP contribution in [0.4, 0.5) is 0 Å². The van der Waals surface area contributed by atoms with Crippen molar-refractivity contribution in [1.82, 2.24) is 0 Å². The summed E-state index contributed by atoms with van der Waals surface area (Å²) in [5.74, 6) is 0. The van der Waals surface area contributed by atoms with Crippen LogP contribution >= 0.6 is 0 Å². The molecule has 0 spiro atoms. The summed E-state index contributed by atoms with van der Waals surface area (Å²) < 4.78 is 0. The third-order valence-electron chi connectivity index (χ3n) is 7.63. The monoisotopic (exact) mass is 490 g/mol.